The summed E-state index contributed by atoms with van der Waals surface area (Å²) < 4.78 is 11.5. The Morgan fingerprint density at radius 3 is 2.90 bits per heavy atom. The van der Waals surface area contributed by atoms with Crippen LogP contribution < -0.4 is 14.8 Å². The maximum atomic E-state index is 9.74. The molecule has 21 heavy (non-hydrogen) atoms. The van der Waals surface area contributed by atoms with Crippen molar-refractivity contribution in [2.75, 3.05) is 13.2 Å². The van der Waals surface area contributed by atoms with Crippen molar-refractivity contribution in [3.8, 4) is 17.2 Å². The van der Waals surface area contributed by atoms with Crippen LogP contribution in [-0.2, 0) is 6.54 Å². The summed E-state index contributed by atoms with van der Waals surface area (Å²) in [7, 11) is 0. The smallest absolute Gasteiger partial charge is 0.161 e. The van der Waals surface area contributed by atoms with Gasteiger partial charge < -0.3 is 19.9 Å². The fraction of sp³-hybridized carbons (Fsp3) is 0.312. The fourth-order valence-electron chi connectivity index (χ4n) is 2.25. The van der Waals surface area contributed by atoms with Crippen LogP contribution in [0.3, 0.4) is 0 Å². The highest BCUT2D eigenvalue weighted by Crippen LogP contribution is 2.30. The molecule has 0 fully saturated rings. The predicted octanol–water partition coefficient (Wildman–Crippen LogP) is 2.03. The lowest BCUT2D eigenvalue weighted by atomic mass is 10.2. The number of aromatic hydroxyl groups is 1. The third kappa shape index (κ3) is 3.25. The van der Waals surface area contributed by atoms with Crippen LogP contribution in [0.1, 0.15) is 11.4 Å². The van der Waals surface area contributed by atoms with E-state index < -0.39 is 0 Å². The monoisotopic (exact) mass is 286 g/mol. The molecular formula is C16H18N2O3. The zero-order valence-corrected chi connectivity index (χ0v) is 11.9. The summed E-state index contributed by atoms with van der Waals surface area (Å²) in [5.74, 6) is 1.76. The first kappa shape index (κ1) is 13.7. The summed E-state index contributed by atoms with van der Waals surface area (Å²) in [6.07, 6.45) is -0.0492. The average molecular weight is 286 g/mol. The molecule has 1 unspecified atom stereocenters. The topological polar surface area (TPSA) is 63.6 Å². The molecule has 3 rings (SSSR count). The van der Waals surface area contributed by atoms with Crippen molar-refractivity contribution in [1.29, 1.82) is 0 Å². The molecule has 110 valence electrons. The first-order chi connectivity index (χ1) is 10.2. The number of nitrogens with one attached hydrogen (secondary N) is 1. The van der Waals surface area contributed by atoms with Gasteiger partial charge in [0.15, 0.2) is 11.5 Å². The summed E-state index contributed by atoms with van der Waals surface area (Å²) in [6.45, 7) is 3.54. The van der Waals surface area contributed by atoms with Gasteiger partial charge in [0.25, 0.3) is 0 Å². The molecule has 5 heteroatoms. The van der Waals surface area contributed by atoms with Crippen molar-refractivity contribution >= 4 is 0 Å². The highest BCUT2D eigenvalue weighted by molar-refractivity contribution is 5.40. The zero-order chi connectivity index (χ0) is 14.7. The molecule has 0 spiro atoms. The molecule has 5 nitrogen and oxygen atoms in total. The van der Waals surface area contributed by atoms with Gasteiger partial charge in [-0.2, -0.15) is 0 Å². The molecule has 0 saturated carbocycles. The first-order valence-corrected chi connectivity index (χ1v) is 6.97. The van der Waals surface area contributed by atoms with Crippen molar-refractivity contribution in [2.24, 2.45) is 0 Å². The Balaban J connectivity index is 1.54. The second-order valence-corrected chi connectivity index (χ2v) is 5.05. The standard InChI is InChI=1S/C16H18N2O3/c1-11-6-7-14(19)13(18-11)9-17-8-12-10-20-15-4-2-3-5-16(15)21-12/h2-7,12,17,19H,8-10H2,1H3. The molecule has 1 aromatic heterocycles. The average Bonchev–Trinajstić information content (AvgIpc) is 2.50. The van der Waals surface area contributed by atoms with Crippen molar-refractivity contribution in [3.05, 3.63) is 47.8 Å². The van der Waals surface area contributed by atoms with Gasteiger partial charge in [0, 0.05) is 18.8 Å². The lowest BCUT2D eigenvalue weighted by molar-refractivity contribution is 0.0901. The zero-order valence-electron chi connectivity index (χ0n) is 11.9. The minimum absolute atomic E-state index is 0.0492. The number of pyridine rings is 1. The molecule has 0 saturated heterocycles. The van der Waals surface area contributed by atoms with E-state index >= 15 is 0 Å². The summed E-state index contributed by atoms with van der Waals surface area (Å²) in [5.41, 5.74) is 1.53. The van der Waals surface area contributed by atoms with E-state index in [1.807, 2.05) is 31.2 Å². The molecule has 1 aliphatic heterocycles. The van der Waals surface area contributed by atoms with Gasteiger partial charge in [-0.25, -0.2) is 0 Å². The maximum absolute atomic E-state index is 9.74. The minimum atomic E-state index is -0.0492. The van der Waals surface area contributed by atoms with Crippen LogP contribution in [0.5, 0.6) is 17.2 Å². The molecule has 0 radical (unpaired) electrons. The minimum Gasteiger partial charge on any atom is -0.506 e. The van der Waals surface area contributed by atoms with Gasteiger partial charge in [0.05, 0.1) is 5.69 Å². The number of para-hydroxylation sites is 2. The van der Waals surface area contributed by atoms with E-state index in [2.05, 4.69) is 10.3 Å². The summed E-state index contributed by atoms with van der Waals surface area (Å²) >= 11 is 0. The van der Waals surface area contributed by atoms with E-state index in [1.165, 1.54) is 0 Å². The molecule has 1 aliphatic rings. The van der Waals surface area contributed by atoms with Crippen LogP contribution in [0.2, 0.25) is 0 Å². The van der Waals surface area contributed by atoms with Gasteiger partial charge >= 0.3 is 0 Å². The molecule has 2 N–H and O–H groups in total. The van der Waals surface area contributed by atoms with Gasteiger partial charge in [-0.15, -0.1) is 0 Å². The second kappa shape index (κ2) is 6.01. The molecule has 0 aliphatic carbocycles. The number of hydrogen-bond acceptors (Lipinski definition) is 5. The van der Waals surface area contributed by atoms with Crippen molar-refractivity contribution in [3.63, 3.8) is 0 Å². The molecule has 1 atom stereocenters. The molecule has 2 heterocycles. The van der Waals surface area contributed by atoms with Gasteiger partial charge in [-0.3, -0.25) is 4.98 Å². The summed E-state index contributed by atoms with van der Waals surface area (Å²) in [4.78, 5) is 4.31. The number of ether oxygens (including phenoxy) is 2. The van der Waals surface area contributed by atoms with E-state index in [9.17, 15) is 5.11 Å². The number of aryl methyl sites for hydroxylation is 1. The lowest BCUT2D eigenvalue weighted by Gasteiger charge is -2.26. The largest absolute Gasteiger partial charge is 0.506 e. The fourth-order valence-corrected chi connectivity index (χ4v) is 2.25. The third-order valence-corrected chi connectivity index (χ3v) is 3.32. The maximum Gasteiger partial charge on any atom is 0.161 e. The number of rotatable bonds is 4. The van der Waals surface area contributed by atoms with Crippen LogP contribution in [-0.4, -0.2) is 29.3 Å². The Kier molecular flexibility index (Phi) is 3.92. The van der Waals surface area contributed by atoms with E-state index in [1.54, 1.807) is 12.1 Å². The molecule has 2 aromatic rings. The van der Waals surface area contributed by atoms with Crippen molar-refractivity contribution in [1.82, 2.24) is 10.3 Å². The van der Waals surface area contributed by atoms with Crippen LogP contribution >= 0.6 is 0 Å². The first-order valence-electron chi connectivity index (χ1n) is 6.97. The number of fused-ring (bicyclic) bond motifs is 1. The van der Waals surface area contributed by atoms with Gasteiger partial charge in [0.2, 0.25) is 0 Å². The Labute approximate surface area is 123 Å². The second-order valence-electron chi connectivity index (χ2n) is 5.05. The Morgan fingerprint density at radius 1 is 1.24 bits per heavy atom. The summed E-state index contributed by atoms with van der Waals surface area (Å²) in [6, 6.07) is 11.1. The number of hydrogen-bond donors (Lipinski definition) is 2. The van der Waals surface area contributed by atoms with Crippen molar-refractivity contribution in [2.45, 2.75) is 19.6 Å². The van der Waals surface area contributed by atoms with E-state index in [0.29, 0.717) is 25.4 Å². The number of benzene rings is 1. The number of aromatic nitrogens is 1. The quantitative estimate of drug-likeness (QED) is 0.900. The Hall–Kier alpha value is -2.27. The SMILES string of the molecule is Cc1ccc(O)c(CNCC2COc3ccccc3O2)n1. The van der Waals surface area contributed by atoms with E-state index in [4.69, 9.17) is 9.47 Å². The Morgan fingerprint density at radius 2 is 2.05 bits per heavy atom. The summed E-state index contributed by atoms with van der Waals surface area (Å²) in [5, 5.41) is 13.0. The van der Waals surface area contributed by atoms with E-state index in [-0.39, 0.29) is 11.9 Å². The van der Waals surface area contributed by atoms with Gasteiger partial charge in [-0.1, -0.05) is 12.1 Å². The van der Waals surface area contributed by atoms with Gasteiger partial charge in [0.1, 0.15) is 18.5 Å². The van der Waals surface area contributed by atoms with Crippen LogP contribution in [0.15, 0.2) is 36.4 Å². The highest BCUT2D eigenvalue weighted by Gasteiger charge is 2.20. The van der Waals surface area contributed by atoms with E-state index in [0.717, 1.165) is 17.2 Å². The molecule has 0 bridgehead atoms. The van der Waals surface area contributed by atoms with Crippen LogP contribution in [0.25, 0.3) is 0 Å². The van der Waals surface area contributed by atoms with Crippen LogP contribution in [0, 0.1) is 6.92 Å². The molecule has 1 aromatic carbocycles. The molecule has 0 amide bonds. The third-order valence-electron chi connectivity index (χ3n) is 3.32. The number of nitrogens with zero attached hydrogens (tertiary/aromatic N) is 1. The predicted molar refractivity (Wildman–Crippen MR) is 78.7 cm³/mol. The highest BCUT2D eigenvalue weighted by atomic mass is 16.6. The van der Waals surface area contributed by atoms with Gasteiger partial charge in [-0.05, 0) is 31.2 Å². The normalized spacial score (nSPS) is 16.7. The van der Waals surface area contributed by atoms with Crippen molar-refractivity contribution < 1.29 is 14.6 Å². The lowest BCUT2D eigenvalue weighted by Crippen LogP contribution is -2.38. The Bertz CT molecular complexity index is 631. The molecular weight excluding hydrogens is 268 g/mol. The van der Waals surface area contributed by atoms with Crippen LogP contribution in [0.4, 0.5) is 0 Å².